The summed E-state index contributed by atoms with van der Waals surface area (Å²) in [5.41, 5.74) is 27.5. The van der Waals surface area contributed by atoms with Crippen molar-refractivity contribution in [1.29, 1.82) is 0 Å². The zero-order chi connectivity index (χ0) is 98.6. The van der Waals surface area contributed by atoms with Crippen molar-refractivity contribution < 1.29 is 9.25 Å². The summed E-state index contributed by atoms with van der Waals surface area (Å²) in [6.07, 6.45) is 13.5. The van der Waals surface area contributed by atoms with Gasteiger partial charge >= 0.3 is 0 Å². The molecule has 0 fully saturated rings. The van der Waals surface area contributed by atoms with Gasteiger partial charge in [0.25, 0.3) is 0 Å². The van der Waals surface area contributed by atoms with Crippen LogP contribution in [-0.4, -0.2) is 59.0 Å². The average Bonchev–Trinajstić information content (AvgIpc) is 1.65. The molecule has 14 aromatic rings. The van der Waals surface area contributed by atoms with Gasteiger partial charge in [0.1, 0.15) is 25.1 Å². The molecule has 0 saturated carbocycles. The Morgan fingerprint density at radius 3 is 1.26 bits per heavy atom. The molecule has 4 aliphatic heterocycles. The van der Waals surface area contributed by atoms with Crippen molar-refractivity contribution in [3.63, 3.8) is 0 Å². The predicted molar refractivity (Wildman–Crippen MR) is 585 cm³/mol. The molecule has 702 valence electrons. The van der Waals surface area contributed by atoms with Gasteiger partial charge in [-0.05, 0) is 167 Å². The number of aromatic nitrogens is 4. The van der Waals surface area contributed by atoms with E-state index in [1.54, 1.807) is 0 Å². The van der Waals surface area contributed by atoms with E-state index in [9.17, 15) is 0 Å². The molecule has 0 N–H and O–H groups in total. The normalized spacial score (nSPS) is 12.0. The fourth-order valence-electron chi connectivity index (χ4n) is 14.7. The second-order valence-electron chi connectivity index (χ2n) is 27.2. The SMILES string of the molecule is CC.CC.CC.CC.CC.CC.CC.CC.CC.CC.CC.CC.CC.CC.Cc1cccc2c1N1C(=CN(C)[C@@H]1C)c1ccccc1-2.Cc1cccc2c3ccccc3c3ccc(C)n3c12.Cc1ccccc1-c1cc2ccccc2c[n+]1C.Cc1ccccc1-n1ccc[n+]1C.Cc1ccccc1N1C=CN(C)C1.Cc1ccccc1N1c2ccccc2N(C)[C@@H]1C. The van der Waals surface area contributed by atoms with Crippen LogP contribution in [0.3, 0.4) is 0 Å². The molecule has 0 unspecified atom stereocenters. The van der Waals surface area contributed by atoms with Crippen LogP contribution < -0.4 is 28.8 Å². The first-order valence-corrected chi connectivity index (χ1v) is 49.2. The maximum Gasteiger partial charge on any atom is 0.213 e. The van der Waals surface area contributed by atoms with Gasteiger partial charge in [-0.3, -0.25) is 0 Å². The zero-order valence-electron chi connectivity index (χ0n) is 89.0. The largest absolute Gasteiger partial charge is 0.361 e. The summed E-state index contributed by atoms with van der Waals surface area (Å²) in [7, 11) is 10.5. The van der Waals surface area contributed by atoms with Gasteiger partial charge in [0, 0.05) is 102 Å². The van der Waals surface area contributed by atoms with Gasteiger partial charge in [0.05, 0.1) is 46.7 Å². The Morgan fingerprint density at radius 1 is 0.326 bits per heavy atom. The fourth-order valence-corrected chi connectivity index (χ4v) is 14.7. The molecule has 10 aromatic carbocycles. The molecule has 0 radical (unpaired) electrons. The number of pyridine rings is 2. The number of hydrogen-bond donors (Lipinski definition) is 0. The van der Waals surface area contributed by atoms with Gasteiger partial charge in [0.2, 0.25) is 5.69 Å². The lowest BCUT2D eigenvalue weighted by Gasteiger charge is -2.36. The number of aryl methyl sites for hydroxylation is 9. The van der Waals surface area contributed by atoms with Crippen molar-refractivity contribution in [1.82, 2.24) is 18.9 Å². The molecule has 4 aliphatic rings. The van der Waals surface area contributed by atoms with Gasteiger partial charge < -0.3 is 33.8 Å². The molecule has 10 heteroatoms. The lowest BCUT2D eigenvalue weighted by Crippen LogP contribution is -2.36. The van der Waals surface area contributed by atoms with E-state index in [-0.39, 0.29) is 0 Å². The molecular formula is C119H178N10+2. The molecular weight excluding hydrogens is 1570 g/mol. The minimum Gasteiger partial charge on any atom is -0.361 e. The highest BCUT2D eigenvalue weighted by Gasteiger charge is 2.36. The molecule has 18 rings (SSSR count). The minimum absolute atomic E-state index is 0.350. The van der Waals surface area contributed by atoms with Gasteiger partial charge in [-0.2, -0.15) is 0 Å². The van der Waals surface area contributed by atoms with Crippen LogP contribution in [0.2, 0.25) is 0 Å². The van der Waals surface area contributed by atoms with Crippen molar-refractivity contribution in [3.05, 3.63) is 337 Å². The van der Waals surface area contributed by atoms with E-state index in [4.69, 9.17) is 0 Å². The highest BCUT2D eigenvalue weighted by atomic mass is 15.4. The molecule has 0 saturated heterocycles. The molecule has 2 atom stereocenters. The Hall–Kier alpha value is -11.6. The number of rotatable bonds is 4. The standard InChI is InChI=1S/C18H18N2.C18H15N.C17H16N.C16H18N2.C11H13N2.C11H14N2.14C2H6/c1-12-7-6-10-16-14-8-4-5-9-15(14)17-11-19(3)13(2)20(17)18(12)16;1-12-6-5-9-16-14-7-3-4-8-15(14)17-11-10-13(2)19(17)18(12)16;1-13-7-3-6-10-16(13)17-11-14-8-4-5-9-15(14)12-18(17)2;1-12-8-4-5-9-14(12)18-13(2)17(3)15-10-6-7-11-16(15)18;1-10-6-3-4-7-11(10)13-9-5-8-12(13)2;1-10-5-3-4-6-11(10)13-8-7-12(2)9-13;14*1-2/h4-11,13H,1-3H3;3-11H,1-2H3;3-12H,1-2H3;4-11,13H,1-3H3;3-9H,1-2H3;3-8H,9H2,1-2H3;14*1-2H3/q;;+1;;+1;;;;;;;;;;;;;;;/t13-;;;13-;;;;;;;;;;;;;;;;/m0..0................/s1. The summed E-state index contributed by atoms with van der Waals surface area (Å²) in [6, 6.07) is 90.2. The summed E-state index contributed by atoms with van der Waals surface area (Å²) in [5, 5.41) is 6.56. The van der Waals surface area contributed by atoms with E-state index in [1.807, 2.05) is 213 Å². The van der Waals surface area contributed by atoms with Gasteiger partial charge in [-0.25, -0.2) is 4.57 Å². The first kappa shape index (κ1) is 119. The summed E-state index contributed by atoms with van der Waals surface area (Å²) < 4.78 is 8.76. The van der Waals surface area contributed by atoms with Crippen molar-refractivity contribution in [2.24, 2.45) is 14.1 Å². The van der Waals surface area contributed by atoms with Crippen LogP contribution in [0.4, 0.5) is 28.4 Å². The second kappa shape index (κ2) is 67.6. The summed E-state index contributed by atoms with van der Waals surface area (Å²) in [6.45, 7) is 76.6. The zero-order valence-corrected chi connectivity index (χ0v) is 89.0. The molecule has 0 bridgehead atoms. The second-order valence-corrected chi connectivity index (χ2v) is 27.2. The molecule has 129 heavy (non-hydrogen) atoms. The van der Waals surface area contributed by atoms with Gasteiger partial charge in [-0.15, -0.1) is 9.36 Å². The van der Waals surface area contributed by atoms with Crippen LogP contribution in [0.1, 0.15) is 252 Å². The number of fused-ring (bicyclic) bond motifs is 14. The number of para-hydroxylation sites is 7. The third kappa shape index (κ3) is 31.3. The number of benzene rings is 10. The highest BCUT2D eigenvalue weighted by Crippen LogP contribution is 2.49. The number of anilines is 5. The molecule has 0 spiro atoms. The smallest absolute Gasteiger partial charge is 0.213 e. The van der Waals surface area contributed by atoms with Crippen molar-refractivity contribution >= 4 is 72.1 Å². The lowest BCUT2D eigenvalue weighted by molar-refractivity contribution is -0.744. The van der Waals surface area contributed by atoms with Crippen molar-refractivity contribution in [2.75, 3.05) is 47.4 Å². The van der Waals surface area contributed by atoms with E-state index >= 15 is 0 Å². The molecule has 10 nitrogen and oxygen atoms in total. The van der Waals surface area contributed by atoms with E-state index in [1.165, 1.54) is 145 Å². The maximum absolute atomic E-state index is 2.47. The first-order chi connectivity index (χ1) is 63.0. The summed E-state index contributed by atoms with van der Waals surface area (Å²) >= 11 is 0. The average molecular weight is 1750 g/mol. The van der Waals surface area contributed by atoms with Gasteiger partial charge in [0.15, 0.2) is 19.4 Å². The fraction of sp³-hybridized carbons (Fsp3) is 0.378. The molecule has 8 heterocycles. The Labute approximate surface area is 790 Å². The number of hydrogen-bond acceptors (Lipinski definition) is 6. The van der Waals surface area contributed by atoms with Crippen LogP contribution in [0.5, 0.6) is 0 Å². The van der Waals surface area contributed by atoms with Crippen molar-refractivity contribution in [2.45, 2.75) is 269 Å². The van der Waals surface area contributed by atoms with Crippen LogP contribution in [0, 0.1) is 48.5 Å². The van der Waals surface area contributed by atoms with Crippen LogP contribution in [0.15, 0.2) is 292 Å². The predicted octanol–water partition coefficient (Wildman–Crippen LogP) is 34.7. The third-order valence-corrected chi connectivity index (χ3v) is 20.3. The topological polar surface area (TPSA) is 36.5 Å². The van der Waals surface area contributed by atoms with Crippen LogP contribution >= 0.6 is 0 Å². The molecule has 4 aromatic heterocycles. The molecule has 0 amide bonds. The minimum atomic E-state index is 0.350. The molecule has 0 aliphatic carbocycles. The first-order valence-electron chi connectivity index (χ1n) is 49.2. The van der Waals surface area contributed by atoms with Crippen LogP contribution in [0.25, 0.3) is 71.7 Å². The van der Waals surface area contributed by atoms with Crippen molar-refractivity contribution in [3.8, 4) is 28.1 Å². The van der Waals surface area contributed by atoms with E-state index < -0.39 is 0 Å². The number of nitrogens with zero attached hydrogens (tertiary/aromatic N) is 10. The van der Waals surface area contributed by atoms with E-state index in [0.717, 1.165) is 6.67 Å². The Bertz CT molecular complexity index is 5380. The quantitative estimate of drug-likeness (QED) is 0.129. The van der Waals surface area contributed by atoms with Gasteiger partial charge in [-0.1, -0.05) is 382 Å². The maximum atomic E-state index is 2.47. The third-order valence-electron chi connectivity index (χ3n) is 20.3. The van der Waals surface area contributed by atoms with E-state index in [2.05, 4.69) is 418 Å². The summed E-state index contributed by atoms with van der Waals surface area (Å²) in [5.74, 6) is 0. The Balaban J connectivity index is 0. The Kier molecular flexibility index (Phi) is 62.6. The highest BCUT2D eigenvalue weighted by molar-refractivity contribution is 6.13. The van der Waals surface area contributed by atoms with E-state index in [0.29, 0.717) is 12.3 Å². The lowest BCUT2D eigenvalue weighted by atomic mass is 9.90. The summed E-state index contributed by atoms with van der Waals surface area (Å²) in [4.78, 5) is 13.9. The van der Waals surface area contributed by atoms with Crippen LogP contribution in [-0.2, 0) is 14.1 Å². The monoisotopic (exact) mass is 1750 g/mol. The Morgan fingerprint density at radius 2 is 0.744 bits per heavy atom.